The Morgan fingerprint density at radius 1 is 1.00 bits per heavy atom. The molecule has 1 heterocycles. The predicted molar refractivity (Wildman–Crippen MR) is 134 cm³/mol. The number of thiazole rings is 1. The number of fused-ring (bicyclic) bond motifs is 1. The Balaban J connectivity index is 1.92. The van der Waals surface area contributed by atoms with Crippen molar-refractivity contribution in [1.29, 1.82) is 0 Å². The first-order valence-corrected chi connectivity index (χ1v) is 13.3. The fourth-order valence-electron chi connectivity index (χ4n) is 3.22. The van der Waals surface area contributed by atoms with Gasteiger partial charge in [-0.25, -0.2) is 4.98 Å². The van der Waals surface area contributed by atoms with Crippen molar-refractivity contribution in [3.63, 3.8) is 0 Å². The molecule has 30 heavy (non-hydrogen) atoms. The first-order valence-electron chi connectivity index (χ1n) is 10.3. The standard InChI is InChI=1S/C23H29N3OS3/c1-5-25(6-2)14-15-26(22(27)17-8-10-18(11-9-17)29-7-3)23-24-20-13-12-19(28-4)16-21(20)30-23/h8-13,16H,5-7,14-15H2,1-4H3. The van der Waals surface area contributed by atoms with E-state index < -0.39 is 0 Å². The first kappa shape index (κ1) is 23.1. The molecule has 4 nitrogen and oxygen atoms in total. The molecule has 0 aliphatic carbocycles. The van der Waals surface area contributed by atoms with Crippen molar-refractivity contribution in [2.24, 2.45) is 0 Å². The number of likely N-dealkylation sites (N-methyl/N-ethyl adjacent to an activating group) is 1. The van der Waals surface area contributed by atoms with E-state index in [0.29, 0.717) is 12.1 Å². The minimum absolute atomic E-state index is 0.0133. The monoisotopic (exact) mass is 459 g/mol. The Bertz CT molecular complexity index is 967. The lowest BCUT2D eigenvalue weighted by atomic mass is 10.2. The quantitative estimate of drug-likeness (QED) is 0.341. The molecule has 0 fully saturated rings. The van der Waals surface area contributed by atoms with E-state index in [2.05, 4.69) is 44.1 Å². The second-order valence-electron chi connectivity index (χ2n) is 6.77. The second kappa shape index (κ2) is 11.2. The summed E-state index contributed by atoms with van der Waals surface area (Å²) in [5.74, 6) is 1.03. The van der Waals surface area contributed by atoms with Crippen molar-refractivity contribution < 1.29 is 4.79 Å². The lowest BCUT2D eigenvalue weighted by molar-refractivity contribution is 0.0983. The highest BCUT2D eigenvalue weighted by atomic mass is 32.2. The van der Waals surface area contributed by atoms with Crippen LogP contribution in [0, 0.1) is 0 Å². The Labute approximate surface area is 192 Å². The molecule has 160 valence electrons. The van der Waals surface area contributed by atoms with Gasteiger partial charge in [-0.2, -0.15) is 0 Å². The summed E-state index contributed by atoms with van der Waals surface area (Å²) < 4.78 is 1.12. The molecule has 0 N–H and O–H groups in total. The molecule has 0 aliphatic heterocycles. The first-order chi connectivity index (χ1) is 14.6. The van der Waals surface area contributed by atoms with Gasteiger partial charge in [0.2, 0.25) is 0 Å². The molecule has 0 unspecified atom stereocenters. The van der Waals surface area contributed by atoms with Crippen molar-refractivity contribution in [3.8, 4) is 0 Å². The molecule has 0 saturated carbocycles. The van der Waals surface area contributed by atoms with Crippen LogP contribution in [0.2, 0.25) is 0 Å². The van der Waals surface area contributed by atoms with Gasteiger partial charge in [0, 0.05) is 28.4 Å². The normalized spacial score (nSPS) is 11.4. The molecule has 3 rings (SSSR count). The summed E-state index contributed by atoms with van der Waals surface area (Å²) >= 11 is 5.10. The smallest absolute Gasteiger partial charge is 0.260 e. The van der Waals surface area contributed by atoms with Crippen LogP contribution in [-0.4, -0.2) is 54.0 Å². The van der Waals surface area contributed by atoms with Gasteiger partial charge in [0.1, 0.15) is 0 Å². The van der Waals surface area contributed by atoms with Gasteiger partial charge in [-0.1, -0.05) is 32.1 Å². The number of thioether (sulfide) groups is 2. The number of hydrogen-bond donors (Lipinski definition) is 0. The largest absolute Gasteiger partial charge is 0.302 e. The molecule has 2 aromatic carbocycles. The number of nitrogens with zero attached hydrogens (tertiary/aromatic N) is 3. The number of aromatic nitrogens is 1. The van der Waals surface area contributed by atoms with Crippen LogP contribution in [0.15, 0.2) is 52.3 Å². The summed E-state index contributed by atoms with van der Waals surface area (Å²) in [6, 6.07) is 14.2. The van der Waals surface area contributed by atoms with Crippen LogP contribution >= 0.6 is 34.9 Å². The van der Waals surface area contributed by atoms with Crippen LogP contribution in [0.5, 0.6) is 0 Å². The van der Waals surface area contributed by atoms with Crippen LogP contribution in [0.3, 0.4) is 0 Å². The van der Waals surface area contributed by atoms with Crippen molar-refractivity contribution >= 4 is 56.1 Å². The third-order valence-electron chi connectivity index (χ3n) is 5.01. The molecule has 0 radical (unpaired) electrons. The number of carbonyl (C=O) groups is 1. The van der Waals surface area contributed by atoms with E-state index in [1.807, 2.05) is 35.2 Å². The maximum atomic E-state index is 13.5. The maximum Gasteiger partial charge on any atom is 0.260 e. The zero-order valence-corrected chi connectivity index (χ0v) is 20.5. The fourth-order valence-corrected chi connectivity index (χ4v) is 5.42. The highest BCUT2D eigenvalue weighted by Crippen LogP contribution is 2.32. The second-order valence-corrected chi connectivity index (χ2v) is 10.00. The van der Waals surface area contributed by atoms with Crippen LogP contribution in [0.4, 0.5) is 5.13 Å². The molecule has 1 aromatic heterocycles. The van der Waals surface area contributed by atoms with Crippen molar-refractivity contribution in [2.75, 3.05) is 43.1 Å². The molecule has 3 aromatic rings. The van der Waals surface area contributed by atoms with Gasteiger partial charge in [-0.05, 0) is 67.6 Å². The van der Waals surface area contributed by atoms with Gasteiger partial charge in [0.15, 0.2) is 5.13 Å². The van der Waals surface area contributed by atoms with E-state index in [9.17, 15) is 4.79 Å². The summed E-state index contributed by atoms with van der Waals surface area (Å²) in [6.07, 6.45) is 2.07. The Morgan fingerprint density at radius 3 is 2.33 bits per heavy atom. The summed E-state index contributed by atoms with van der Waals surface area (Å²) in [4.78, 5) is 24.9. The lowest BCUT2D eigenvalue weighted by Crippen LogP contribution is -2.38. The molecule has 1 amide bonds. The molecule has 7 heteroatoms. The molecule has 0 bridgehead atoms. The number of anilines is 1. The molecule has 0 aliphatic rings. The van der Waals surface area contributed by atoms with Gasteiger partial charge >= 0.3 is 0 Å². The SMILES string of the molecule is CCSc1ccc(C(=O)N(CCN(CC)CC)c2nc3ccc(SC)cc3s2)cc1. The zero-order chi connectivity index (χ0) is 21.5. The van der Waals surface area contributed by atoms with E-state index in [0.717, 1.165) is 40.7 Å². The van der Waals surface area contributed by atoms with Crippen LogP contribution in [0.25, 0.3) is 10.2 Å². The highest BCUT2D eigenvalue weighted by molar-refractivity contribution is 7.99. The minimum atomic E-state index is 0.0133. The van der Waals surface area contributed by atoms with E-state index in [1.165, 1.54) is 9.79 Å². The average Bonchev–Trinajstić information content (AvgIpc) is 3.20. The number of amides is 1. The highest BCUT2D eigenvalue weighted by Gasteiger charge is 2.22. The van der Waals surface area contributed by atoms with Gasteiger partial charge < -0.3 is 4.90 Å². The van der Waals surface area contributed by atoms with Gasteiger partial charge in [0.05, 0.1) is 10.2 Å². The third-order valence-corrected chi connectivity index (χ3v) is 7.67. The fraction of sp³-hybridized carbons (Fsp3) is 0.391. The topological polar surface area (TPSA) is 36.4 Å². The number of carbonyl (C=O) groups excluding carboxylic acids is 1. The van der Waals surface area contributed by atoms with E-state index in [-0.39, 0.29) is 5.91 Å². The summed E-state index contributed by atoms with van der Waals surface area (Å²) in [7, 11) is 0. The molecule has 0 saturated heterocycles. The minimum Gasteiger partial charge on any atom is -0.302 e. The van der Waals surface area contributed by atoms with Crippen molar-refractivity contribution in [2.45, 2.75) is 30.6 Å². The number of benzene rings is 2. The van der Waals surface area contributed by atoms with Gasteiger partial charge in [-0.15, -0.1) is 23.5 Å². The predicted octanol–water partition coefficient (Wildman–Crippen LogP) is 6.12. The molecular weight excluding hydrogens is 430 g/mol. The van der Waals surface area contributed by atoms with Crippen LogP contribution in [-0.2, 0) is 0 Å². The summed E-state index contributed by atoms with van der Waals surface area (Å²) in [5, 5.41) is 0.771. The summed E-state index contributed by atoms with van der Waals surface area (Å²) in [5.41, 5.74) is 1.65. The molecular formula is C23H29N3OS3. The van der Waals surface area contributed by atoms with Gasteiger partial charge in [0.25, 0.3) is 5.91 Å². The van der Waals surface area contributed by atoms with Crippen molar-refractivity contribution in [3.05, 3.63) is 48.0 Å². The summed E-state index contributed by atoms with van der Waals surface area (Å²) in [6.45, 7) is 9.84. The maximum absolute atomic E-state index is 13.5. The Morgan fingerprint density at radius 2 is 1.70 bits per heavy atom. The lowest BCUT2D eigenvalue weighted by Gasteiger charge is -2.24. The Hall–Kier alpha value is -1.54. The van der Waals surface area contributed by atoms with E-state index in [1.54, 1.807) is 34.9 Å². The number of rotatable bonds is 10. The van der Waals surface area contributed by atoms with E-state index in [4.69, 9.17) is 4.98 Å². The average molecular weight is 460 g/mol. The Kier molecular flexibility index (Phi) is 8.62. The van der Waals surface area contributed by atoms with Gasteiger partial charge in [-0.3, -0.25) is 9.69 Å². The van der Waals surface area contributed by atoms with E-state index >= 15 is 0 Å². The number of hydrogen-bond acceptors (Lipinski definition) is 6. The van der Waals surface area contributed by atoms with Crippen LogP contribution < -0.4 is 4.90 Å². The molecule has 0 atom stereocenters. The van der Waals surface area contributed by atoms with Crippen LogP contribution in [0.1, 0.15) is 31.1 Å². The third kappa shape index (κ3) is 5.58. The molecule has 0 spiro atoms. The van der Waals surface area contributed by atoms with Crippen molar-refractivity contribution in [1.82, 2.24) is 9.88 Å². The zero-order valence-electron chi connectivity index (χ0n) is 18.1.